The molecule has 0 heterocycles. The van der Waals surface area contributed by atoms with E-state index in [0.29, 0.717) is 5.75 Å². The summed E-state index contributed by atoms with van der Waals surface area (Å²) in [7, 11) is 1.65. The number of benzene rings is 2. The fraction of sp³-hybridized carbons (Fsp3) is 0.421. The van der Waals surface area contributed by atoms with Crippen molar-refractivity contribution in [1.82, 2.24) is 0 Å². The highest BCUT2D eigenvalue weighted by molar-refractivity contribution is 5.86. The highest BCUT2D eigenvalue weighted by Gasteiger charge is 2.36. The van der Waals surface area contributed by atoms with E-state index in [-0.39, 0.29) is 11.4 Å². The average Bonchev–Trinajstić information content (AvgIpc) is 2.55. The van der Waals surface area contributed by atoms with Crippen LogP contribution in [0.15, 0.2) is 36.4 Å². The van der Waals surface area contributed by atoms with Gasteiger partial charge in [0.05, 0.1) is 12.5 Å². The van der Waals surface area contributed by atoms with Crippen molar-refractivity contribution in [3.05, 3.63) is 36.4 Å². The first-order valence-electron chi connectivity index (χ1n) is 7.91. The van der Waals surface area contributed by atoms with Crippen LogP contribution in [0.1, 0.15) is 39.0 Å². The maximum absolute atomic E-state index is 12.5. The third-order valence-corrected chi connectivity index (χ3v) is 4.68. The van der Waals surface area contributed by atoms with E-state index in [9.17, 15) is 4.79 Å². The summed E-state index contributed by atoms with van der Waals surface area (Å²) in [6.45, 7) is 2.03. The van der Waals surface area contributed by atoms with Gasteiger partial charge in [0.25, 0.3) is 0 Å². The number of hydrogen-bond acceptors (Lipinski definition) is 3. The van der Waals surface area contributed by atoms with Gasteiger partial charge in [-0.1, -0.05) is 31.4 Å². The molecule has 1 fully saturated rings. The number of carbonyl (C=O) groups excluding carboxylic acids is 1. The molecule has 2 aromatic carbocycles. The molecule has 0 bridgehead atoms. The van der Waals surface area contributed by atoms with Crippen molar-refractivity contribution in [1.29, 1.82) is 0 Å². The van der Waals surface area contributed by atoms with Crippen molar-refractivity contribution in [3.8, 4) is 11.5 Å². The molecular weight excluding hydrogens is 276 g/mol. The summed E-state index contributed by atoms with van der Waals surface area (Å²) in [5.74, 6) is 1.35. The van der Waals surface area contributed by atoms with E-state index >= 15 is 0 Å². The lowest BCUT2D eigenvalue weighted by Crippen LogP contribution is -2.33. The molecule has 2 aromatic rings. The van der Waals surface area contributed by atoms with Gasteiger partial charge in [-0.05, 0) is 54.8 Å². The number of methoxy groups -OCH3 is 1. The highest BCUT2D eigenvalue weighted by atomic mass is 16.5. The molecule has 3 rings (SSSR count). The minimum Gasteiger partial charge on any atom is -0.497 e. The van der Waals surface area contributed by atoms with Crippen LogP contribution in [0.2, 0.25) is 0 Å². The third kappa shape index (κ3) is 2.94. The predicted molar refractivity (Wildman–Crippen MR) is 87.3 cm³/mol. The Kier molecular flexibility index (Phi) is 4.06. The van der Waals surface area contributed by atoms with Crippen molar-refractivity contribution in [2.24, 2.45) is 5.41 Å². The normalized spacial score (nSPS) is 17.2. The first-order chi connectivity index (χ1) is 10.6. The molecule has 0 amide bonds. The van der Waals surface area contributed by atoms with Crippen molar-refractivity contribution in [3.63, 3.8) is 0 Å². The minimum atomic E-state index is -0.326. The maximum Gasteiger partial charge on any atom is 0.317 e. The van der Waals surface area contributed by atoms with E-state index in [1.165, 1.54) is 6.42 Å². The van der Waals surface area contributed by atoms with Crippen LogP contribution in [0.4, 0.5) is 0 Å². The Hall–Kier alpha value is -2.03. The number of rotatable bonds is 3. The molecule has 0 N–H and O–H groups in total. The molecular formula is C19H22O3. The number of hydrogen-bond donors (Lipinski definition) is 0. The average molecular weight is 298 g/mol. The lowest BCUT2D eigenvalue weighted by Gasteiger charge is -2.30. The lowest BCUT2D eigenvalue weighted by molar-refractivity contribution is -0.146. The van der Waals surface area contributed by atoms with Gasteiger partial charge in [0.2, 0.25) is 0 Å². The Morgan fingerprint density at radius 1 is 0.955 bits per heavy atom. The SMILES string of the molecule is COc1ccc2cc(OC(=O)C3(C)CCCCC3)ccc2c1. The summed E-state index contributed by atoms with van der Waals surface area (Å²) in [6.07, 6.45) is 5.31. The fourth-order valence-corrected chi connectivity index (χ4v) is 3.16. The molecule has 1 aliphatic rings. The van der Waals surface area contributed by atoms with Gasteiger partial charge < -0.3 is 9.47 Å². The zero-order valence-corrected chi connectivity index (χ0v) is 13.2. The topological polar surface area (TPSA) is 35.5 Å². The van der Waals surface area contributed by atoms with Crippen molar-refractivity contribution >= 4 is 16.7 Å². The monoisotopic (exact) mass is 298 g/mol. The molecule has 22 heavy (non-hydrogen) atoms. The molecule has 0 spiro atoms. The van der Waals surface area contributed by atoms with Gasteiger partial charge in [0.15, 0.2) is 0 Å². The van der Waals surface area contributed by atoms with Crippen molar-refractivity contribution in [2.75, 3.05) is 7.11 Å². The van der Waals surface area contributed by atoms with Gasteiger partial charge in [-0.25, -0.2) is 0 Å². The molecule has 0 atom stereocenters. The zero-order chi connectivity index (χ0) is 15.6. The predicted octanol–water partition coefficient (Wildman–Crippen LogP) is 4.72. The van der Waals surface area contributed by atoms with Gasteiger partial charge in [-0.15, -0.1) is 0 Å². The van der Waals surface area contributed by atoms with Crippen LogP contribution >= 0.6 is 0 Å². The smallest absolute Gasteiger partial charge is 0.317 e. The standard InChI is InChI=1S/C19H22O3/c1-19(10-4-3-5-11-19)18(20)22-17-9-7-14-12-16(21-2)8-6-15(14)13-17/h6-9,12-13H,3-5,10-11H2,1-2H3. The van der Waals surface area contributed by atoms with Gasteiger partial charge >= 0.3 is 5.97 Å². The summed E-state index contributed by atoms with van der Waals surface area (Å²) in [5.41, 5.74) is -0.326. The van der Waals surface area contributed by atoms with Crippen molar-refractivity contribution in [2.45, 2.75) is 39.0 Å². The van der Waals surface area contributed by atoms with E-state index < -0.39 is 0 Å². The largest absolute Gasteiger partial charge is 0.497 e. The molecule has 1 saturated carbocycles. The van der Waals surface area contributed by atoms with E-state index in [1.54, 1.807) is 7.11 Å². The van der Waals surface area contributed by atoms with E-state index in [2.05, 4.69) is 0 Å². The summed E-state index contributed by atoms with van der Waals surface area (Å²) in [5, 5.41) is 2.11. The van der Waals surface area contributed by atoms with Gasteiger partial charge in [-0.3, -0.25) is 4.79 Å². The molecule has 1 aliphatic carbocycles. The molecule has 3 nitrogen and oxygen atoms in total. The first-order valence-corrected chi connectivity index (χ1v) is 7.91. The lowest BCUT2D eigenvalue weighted by atomic mass is 9.76. The van der Waals surface area contributed by atoms with Crippen LogP contribution in [-0.2, 0) is 4.79 Å². The molecule has 0 aromatic heterocycles. The van der Waals surface area contributed by atoms with Crippen LogP contribution < -0.4 is 9.47 Å². The fourth-order valence-electron chi connectivity index (χ4n) is 3.16. The number of carbonyl (C=O) groups is 1. The minimum absolute atomic E-state index is 0.0972. The van der Waals surface area contributed by atoms with E-state index in [0.717, 1.165) is 42.2 Å². The summed E-state index contributed by atoms with van der Waals surface area (Å²) in [4.78, 5) is 12.5. The summed E-state index contributed by atoms with van der Waals surface area (Å²) < 4.78 is 10.9. The van der Waals surface area contributed by atoms with Gasteiger partial charge in [0, 0.05) is 0 Å². The molecule has 116 valence electrons. The van der Waals surface area contributed by atoms with E-state index in [1.807, 2.05) is 43.3 Å². The van der Waals surface area contributed by atoms with Gasteiger partial charge in [-0.2, -0.15) is 0 Å². The van der Waals surface area contributed by atoms with Crippen LogP contribution in [-0.4, -0.2) is 13.1 Å². The second kappa shape index (κ2) is 5.99. The second-order valence-corrected chi connectivity index (χ2v) is 6.39. The molecule has 0 aliphatic heterocycles. The summed E-state index contributed by atoms with van der Waals surface area (Å²) in [6, 6.07) is 11.6. The van der Waals surface area contributed by atoms with Crippen LogP contribution in [0.25, 0.3) is 10.8 Å². The molecule has 0 saturated heterocycles. The van der Waals surface area contributed by atoms with Crippen LogP contribution in [0.5, 0.6) is 11.5 Å². The Labute approximate surface area is 131 Å². The van der Waals surface area contributed by atoms with Crippen molar-refractivity contribution < 1.29 is 14.3 Å². The maximum atomic E-state index is 12.5. The first kappa shape index (κ1) is 14.9. The summed E-state index contributed by atoms with van der Waals surface area (Å²) >= 11 is 0. The highest BCUT2D eigenvalue weighted by Crippen LogP contribution is 2.37. The number of ether oxygens (including phenoxy) is 2. The molecule has 0 radical (unpaired) electrons. The van der Waals surface area contributed by atoms with Crippen LogP contribution in [0, 0.1) is 5.41 Å². The number of fused-ring (bicyclic) bond motifs is 1. The van der Waals surface area contributed by atoms with E-state index in [4.69, 9.17) is 9.47 Å². The second-order valence-electron chi connectivity index (χ2n) is 6.39. The Morgan fingerprint density at radius 3 is 2.18 bits per heavy atom. The molecule has 0 unspecified atom stereocenters. The third-order valence-electron chi connectivity index (χ3n) is 4.68. The quantitative estimate of drug-likeness (QED) is 0.607. The molecule has 3 heteroatoms. The Bertz CT molecular complexity index is 684. The Balaban J connectivity index is 1.80. The zero-order valence-electron chi connectivity index (χ0n) is 13.2. The van der Waals surface area contributed by atoms with Crippen LogP contribution in [0.3, 0.4) is 0 Å². The van der Waals surface area contributed by atoms with Gasteiger partial charge in [0.1, 0.15) is 11.5 Å². The number of esters is 1. The Morgan fingerprint density at radius 2 is 1.55 bits per heavy atom.